The van der Waals surface area contributed by atoms with Crippen LogP contribution in [0.3, 0.4) is 0 Å². The van der Waals surface area contributed by atoms with Gasteiger partial charge in [0.1, 0.15) is 12.1 Å². The van der Waals surface area contributed by atoms with E-state index in [9.17, 15) is 9.59 Å². The van der Waals surface area contributed by atoms with Crippen LogP contribution in [0.4, 0.5) is 0 Å². The van der Waals surface area contributed by atoms with Gasteiger partial charge < -0.3 is 21.7 Å². The van der Waals surface area contributed by atoms with Crippen molar-refractivity contribution in [3.05, 3.63) is 0 Å². The smallest absolute Gasteiger partial charge is 0.321 e. The predicted octanol–water partition coefficient (Wildman–Crippen LogP) is -0.192. The van der Waals surface area contributed by atoms with Crippen LogP contribution in [0.15, 0.2) is 0 Å². The summed E-state index contributed by atoms with van der Waals surface area (Å²) in [4.78, 5) is 21.1. The standard InChI is InChI=1S/C10H18N2O4S2/c11-5(9(13)14)3-17-7-1-2-8(7)18-4-6(12)10(15)16/h5-8H,1-4,11-12H2,(H,13,14)(H,15,16). The quantitative estimate of drug-likeness (QED) is 0.485. The Morgan fingerprint density at radius 2 is 1.33 bits per heavy atom. The van der Waals surface area contributed by atoms with Crippen LogP contribution in [0.25, 0.3) is 0 Å². The zero-order valence-corrected chi connectivity index (χ0v) is 11.5. The van der Waals surface area contributed by atoms with E-state index in [0.29, 0.717) is 22.0 Å². The van der Waals surface area contributed by atoms with Gasteiger partial charge in [0.25, 0.3) is 0 Å². The number of aliphatic carboxylic acids is 2. The fourth-order valence-corrected chi connectivity index (χ4v) is 4.39. The minimum absolute atomic E-state index is 0.362. The molecule has 1 aliphatic carbocycles. The van der Waals surface area contributed by atoms with Crippen LogP contribution in [-0.4, -0.2) is 56.2 Å². The van der Waals surface area contributed by atoms with E-state index >= 15 is 0 Å². The number of carboxylic acids is 2. The Morgan fingerprint density at radius 1 is 1.00 bits per heavy atom. The first-order valence-electron chi connectivity index (χ1n) is 5.61. The first kappa shape index (κ1) is 15.6. The Balaban J connectivity index is 2.21. The monoisotopic (exact) mass is 294 g/mol. The molecular formula is C10H18N2O4S2. The van der Waals surface area contributed by atoms with Gasteiger partial charge in [-0.1, -0.05) is 0 Å². The lowest BCUT2D eigenvalue weighted by molar-refractivity contribution is -0.138. The predicted molar refractivity (Wildman–Crippen MR) is 72.9 cm³/mol. The van der Waals surface area contributed by atoms with E-state index in [4.69, 9.17) is 21.7 Å². The molecule has 4 unspecified atom stereocenters. The Morgan fingerprint density at radius 3 is 1.56 bits per heavy atom. The summed E-state index contributed by atoms with van der Waals surface area (Å²) in [5.41, 5.74) is 10.9. The summed E-state index contributed by atoms with van der Waals surface area (Å²) in [5, 5.41) is 18.1. The van der Waals surface area contributed by atoms with Crippen molar-refractivity contribution >= 4 is 35.5 Å². The average Bonchev–Trinajstić information content (AvgIpc) is 2.27. The minimum atomic E-state index is -0.987. The normalized spacial score (nSPS) is 26.1. The Labute approximate surface area is 114 Å². The first-order chi connectivity index (χ1) is 8.41. The highest BCUT2D eigenvalue weighted by atomic mass is 32.2. The second kappa shape index (κ2) is 7.22. The highest BCUT2D eigenvalue weighted by Gasteiger charge is 2.33. The summed E-state index contributed by atoms with van der Waals surface area (Å²) in [6.07, 6.45) is 2.05. The summed E-state index contributed by atoms with van der Waals surface area (Å²) in [6, 6.07) is -1.66. The highest BCUT2D eigenvalue weighted by molar-refractivity contribution is 8.04. The summed E-state index contributed by atoms with van der Waals surface area (Å²) >= 11 is 3.11. The number of rotatable bonds is 8. The van der Waals surface area contributed by atoms with Crippen molar-refractivity contribution in [3.63, 3.8) is 0 Å². The van der Waals surface area contributed by atoms with Crippen LogP contribution in [0.5, 0.6) is 0 Å². The fourth-order valence-electron chi connectivity index (χ4n) is 1.42. The molecule has 4 atom stereocenters. The Bertz CT molecular complexity index is 286. The second-order valence-electron chi connectivity index (χ2n) is 4.21. The zero-order chi connectivity index (χ0) is 13.7. The number of thioether (sulfide) groups is 2. The van der Waals surface area contributed by atoms with Gasteiger partial charge in [0, 0.05) is 22.0 Å². The first-order valence-corrected chi connectivity index (χ1v) is 7.71. The number of hydrogen-bond acceptors (Lipinski definition) is 6. The molecule has 8 heteroatoms. The third kappa shape index (κ3) is 4.68. The topological polar surface area (TPSA) is 127 Å². The summed E-state index contributed by atoms with van der Waals surface area (Å²) in [6.45, 7) is 0. The fraction of sp³-hybridized carbons (Fsp3) is 0.800. The van der Waals surface area contributed by atoms with Gasteiger partial charge in [0.05, 0.1) is 0 Å². The summed E-state index contributed by atoms with van der Waals surface area (Å²) < 4.78 is 0. The second-order valence-corrected chi connectivity index (χ2v) is 6.75. The van der Waals surface area contributed by atoms with Gasteiger partial charge in [-0.15, -0.1) is 0 Å². The van der Waals surface area contributed by atoms with Crippen LogP contribution < -0.4 is 11.5 Å². The Kier molecular flexibility index (Phi) is 6.27. The highest BCUT2D eigenvalue weighted by Crippen LogP contribution is 2.40. The molecule has 6 N–H and O–H groups in total. The molecule has 6 nitrogen and oxygen atoms in total. The average molecular weight is 294 g/mol. The van der Waals surface area contributed by atoms with E-state index in [1.807, 2.05) is 0 Å². The van der Waals surface area contributed by atoms with E-state index in [-0.39, 0.29) is 0 Å². The maximum atomic E-state index is 10.6. The van der Waals surface area contributed by atoms with Crippen molar-refractivity contribution in [1.29, 1.82) is 0 Å². The molecule has 1 fully saturated rings. The van der Waals surface area contributed by atoms with Gasteiger partial charge in [-0.25, -0.2) is 0 Å². The van der Waals surface area contributed by atoms with Crippen molar-refractivity contribution in [1.82, 2.24) is 0 Å². The summed E-state index contributed by atoms with van der Waals surface area (Å²) in [7, 11) is 0. The van der Waals surface area contributed by atoms with Crippen LogP contribution in [-0.2, 0) is 9.59 Å². The molecule has 0 aromatic heterocycles. The molecule has 18 heavy (non-hydrogen) atoms. The van der Waals surface area contributed by atoms with E-state index in [1.165, 1.54) is 0 Å². The van der Waals surface area contributed by atoms with Crippen LogP contribution >= 0.6 is 23.5 Å². The number of nitrogens with two attached hydrogens (primary N) is 2. The lowest BCUT2D eigenvalue weighted by Gasteiger charge is -2.36. The molecule has 0 saturated heterocycles. The van der Waals surface area contributed by atoms with Crippen molar-refractivity contribution in [3.8, 4) is 0 Å². The van der Waals surface area contributed by atoms with Crippen molar-refractivity contribution in [2.75, 3.05) is 11.5 Å². The van der Waals surface area contributed by atoms with E-state index in [2.05, 4.69) is 0 Å². The van der Waals surface area contributed by atoms with Gasteiger partial charge in [-0.05, 0) is 12.8 Å². The Hall–Kier alpha value is -0.440. The van der Waals surface area contributed by atoms with E-state index < -0.39 is 24.0 Å². The molecule has 0 aromatic rings. The van der Waals surface area contributed by atoms with Gasteiger partial charge >= 0.3 is 11.9 Å². The molecule has 0 amide bonds. The maximum absolute atomic E-state index is 10.6. The molecule has 0 aromatic carbocycles. The van der Waals surface area contributed by atoms with Crippen LogP contribution in [0.2, 0.25) is 0 Å². The lowest BCUT2D eigenvalue weighted by atomic mass is 9.99. The van der Waals surface area contributed by atoms with Crippen molar-refractivity contribution in [2.45, 2.75) is 35.4 Å². The molecule has 0 heterocycles. The molecule has 1 saturated carbocycles. The van der Waals surface area contributed by atoms with E-state index in [0.717, 1.165) is 12.8 Å². The third-order valence-corrected chi connectivity index (χ3v) is 6.02. The number of carboxylic acid groups (broad SMARTS) is 2. The SMILES string of the molecule is NC(CSC1CCC1SCC(N)C(=O)O)C(=O)O. The molecule has 1 aliphatic rings. The van der Waals surface area contributed by atoms with Crippen molar-refractivity contribution in [2.24, 2.45) is 11.5 Å². The maximum Gasteiger partial charge on any atom is 0.321 e. The molecule has 0 bridgehead atoms. The molecule has 0 spiro atoms. The van der Waals surface area contributed by atoms with Crippen LogP contribution in [0.1, 0.15) is 12.8 Å². The summed E-state index contributed by atoms with van der Waals surface area (Å²) in [5.74, 6) is -1.19. The minimum Gasteiger partial charge on any atom is -0.480 e. The number of hydrogen-bond donors (Lipinski definition) is 4. The molecule has 0 aliphatic heterocycles. The van der Waals surface area contributed by atoms with Gasteiger partial charge in [0.15, 0.2) is 0 Å². The number of carbonyl (C=O) groups is 2. The van der Waals surface area contributed by atoms with Crippen molar-refractivity contribution < 1.29 is 19.8 Å². The van der Waals surface area contributed by atoms with Gasteiger partial charge in [0.2, 0.25) is 0 Å². The zero-order valence-electron chi connectivity index (χ0n) is 9.82. The molecule has 0 radical (unpaired) electrons. The molecule has 104 valence electrons. The molecular weight excluding hydrogens is 276 g/mol. The largest absolute Gasteiger partial charge is 0.480 e. The lowest BCUT2D eigenvalue weighted by Crippen LogP contribution is -2.39. The van der Waals surface area contributed by atoms with Gasteiger partial charge in [-0.3, -0.25) is 9.59 Å². The van der Waals surface area contributed by atoms with E-state index in [1.54, 1.807) is 23.5 Å². The van der Waals surface area contributed by atoms with Crippen LogP contribution in [0, 0.1) is 0 Å². The third-order valence-electron chi connectivity index (χ3n) is 2.76. The molecule has 1 rings (SSSR count). The van der Waals surface area contributed by atoms with Gasteiger partial charge in [-0.2, -0.15) is 23.5 Å².